The Balaban J connectivity index is 1.52. The zero-order valence-corrected chi connectivity index (χ0v) is 17.6. The number of nitrogens with zero attached hydrogens (tertiary/aromatic N) is 3. The van der Waals surface area contributed by atoms with E-state index in [1.165, 1.54) is 41.6 Å². The molecule has 3 aromatic rings. The zero-order chi connectivity index (χ0) is 20.8. The van der Waals surface area contributed by atoms with Crippen molar-refractivity contribution in [2.45, 2.75) is 31.3 Å². The normalized spacial score (nSPS) is 10.9. The highest BCUT2D eigenvalue weighted by molar-refractivity contribution is 7.99. The number of halogens is 1. The van der Waals surface area contributed by atoms with Crippen LogP contribution in [-0.2, 0) is 19.9 Å². The van der Waals surface area contributed by atoms with E-state index in [-0.39, 0.29) is 17.4 Å². The van der Waals surface area contributed by atoms with Gasteiger partial charge in [-0.25, -0.2) is 4.39 Å². The number of hydrogen-bond acceptors (Lipinski definition) is 5. The number of carbonyl (C=O) groups is 1. The fraction of sp³-hybridized carbons (Fsp3) is 0.318. The first-order valence-electron chi connectivity index (χ1n) is 9.41. The van der Waals surface area contributed by atoms with Crippen LogP contribution in [0.4, 0.5) is 4.39 Å². The van der Waals surface area contributed by atoms with Crippen molar-refractivity contribution in [2.24, 2.45) is 7.05 Å². The number of aromatic nitrogens is 3. The summed E-state index contributed by atoms with van der Waals surface area (Å²) in [5.41, 5.74) is 2.90. The van der Waals surface area contributed by atoms with E-state index in [1.807, 2.05) is 24.6 Å². The maximum absolute atomic E-state index is 13.0. The number of hydrogen-bond donors (Lipinski definition) is 0. The molecular formula is C22H24FN3O2S. The molecule has 0 aliphatic rings. The van der Waals surface area contributed by atoms with Crippen LogP contribution in [0.1, 0.15) is 33.7 Å². The van der Waals surface area contributed by atoms with Crippen molar-refractivity contribution in [1.29, 1.82) is 0 Å². The van der Waals surface area contributed by atoms with E-state index in [1.54, 1.807) is 7.11 Å². The number of ketones is 1. The number of thioether (sulfide) groups is 1. The molecule has 0 radical (unpaired) electrons. The lowest BCUT2D eigenvalue weighted by Crippen LogP contribution is -2.05. The largest absolute Gasteiger partial charge is 0.496 e. The average Bonchev–Trinajstić information content (AvgIpc) is 3.06. The molecule has 0 atom stereocenters. The van der Waals surface area contributed by atoms with Gasteiger partial charge in [0, 0.05) is 19.0 Å². The number of ether oxygens (including phenoxy) is 1. The molecule has 0 N–H and O–H groups in total. The highest BCUT2D eigenvalue weighted by Gasteiger charge is 2.13. The van der Waals surface area contributed by atoms with Crippen molar-refractivity contribution in [3.8, 4) is 5.75 Å². The van der Waals surface area contributed by atoms with Crippen molar-refractivity contribution in [3.05, 3.63) is 70.8 Å². The Kier molecular flexibility index (Phi) is 7.04. The maximum Gasteiger partial charge on any atom is 0.191 e. The fourth-order valence-electron chi connectivity index (χ4n) is 3.08. The van der Waals surface area contributed by atoms with Crippen molar-refractivity contribution in [3.63, 3.8) is 0 Å². The Morgan fingerprint density at radius 2 is 1.90 bits per heavy atom. The van der Waals surface area contributed by atoms with Crippen LogP contribution in [-0.4, -0.2) is 33.4 Å². The average molecular weight is 414 g/mol. The van der Waals surface area contributed by atoms with E-state index in [0.29, 0.717) is 10.7 Å². The fourth-order valence-corrected chi connectivity index (χ4v) is 3.91. The monoisotopic (exact) mass is 413 g/mol. The molecule has 0 aliphatic carbocycles. The summed E-state index contributed by atoms with van der Waals surface area (Å²) in [5.74, 6) is 1.63. The van der Waals surface area contributed by atoms with Gasteiger partial charge in [-0.1, -0.05) is 23.9 Å². The predicted octanol–water partition coefficient (Wildman–Crippen LogP) is 4.42. The van der Waals surface area contributed by atoms with Gasteiger partial charge in [0.2, 0.25) is 0 Å². The maximum atomic E-state index is 13.0. The van der Waals surface area contributed by atoms with Crippen LogP contribution in [0.25, 0.3) is 0 Å². The van der Waals surface area contributed by atoms with Crippen molar-refractivity contribution >= 4 is 17.5 Å². The summed E-state index contributed by atoms with van der Waals surface area (Å²) in [5, 5.41) is 9.17. The number of aryl methyl sites for hydroxylation is 3. The summed E-state index contributed by atoms with van der Waals surface area (Å²) in [4.78, 5) is 12.2. The summed E-state index contributed by atoms with van der Waals surface area (Å²) in [6.07, 6.45) is 2.71. The molecule has 5 nitrogen and oxygen atoms in total. The molecule has 1 aromatic heterocycles. The Hall–Kier alpha value is -2.67. The van der Waals surface area contributed by atoms with Gasteiger partial charge in [-0.2, -0.15) is 0 Å². The van der Waals surface area contributed by atoms with Gasteiger partial charge in [-0.05, 0) is 61.2 Å². The van der Waals surface area contributed by atoms with E-state index in [4.69, 9.17) is 4.74 Å². The lowest BCUT2D eigenvalue weighted by atomic mass is 10.0. The molecule has 0 spiro atoms. The van der Waals surface area contributed by atoms with E-state index in [9.17, 15) is 9.18 Å². The topological polar surface area (TPSA) is 57.0 Å². The van der Waals surface area contributed by atoms with Gasteiger partial charge in [0.15, 0.2) is 10.9 Å². The quantitative estimate of drug-likeness (QED) is 0.384. The number of Topliss-reactive ketones (excluding diaryl/α,β-unsaturated/α-hetero) is 1. The summed E-state index contributed by atoms with van der Waals surface area (Å²) in [6.45, 7) is 2.04. The first-order valence-corrected chi connectivity index (χ1v) is 10.4. The second kappa shape index (κ2) is 9.69. The number of rotatable bonds is 9. The van der Waals surface area contributed by atoms with Crippen LogP contribution in [0.3, 0.4) is 0 Å². The van der Waals surface area contributed by atoms with Crippen LogP contribution < -0.4 is 4.74 Å². The molecule has 0 aliphatic heterocycles. The van der Waals surface area contributed by atoms with Crippen LogP contribution in [0.2, 0.25) is 0 Å². The molecule has 152 valence electrons. The van der Waals surface area contributed by atoms with Crippen molar-refractivity contribution in [2.75, 3.05) is 12.9 Å². The standard InChI is InChI=1S/C22H24FN3O2S/c1-15-13-16(7-12-20(15)28-3)5-4-6-21-24-25-22(26(21)2)29-14-19(27)17-8-10-18(23)11-9-17/h7-13H,4-6,14H2,1-3H3. The molecule has 0 saturated heterocycles. The first-order chi connectivity index (χ1) is 14.0. The van der Waals surface area contributed by atoms with Crippen LogP contribution in [0.15, 0.2) is 47.6 Å². The second-order valence-electron chi connectivity index (χ2n) is 6.83. The van der Waals surface area contributed by atoms with Crippen LogP contribution in [0, 0.1) is 12.7 Å². The molecule has 0 bridgehead atoms. The van der Waals surface area contributed by atoms with E-state index < -0.39 is 0 Å². The lowest BCUT2D eigenvalue weighted by Gasteiger charge is -2.07. The molecule has 2 aromatic carbocycles. The summed E-state index contributed by atoms with van der Waals surface area (Å²) < 4.78 is 20.2. The Morgan fingerprint density at radius 3 is 2.59 bits per heavy atom. The molecule has 7 heteroatoms. The van der Waals surface area contributed by atoms with Gasteiger partial charge >= 0.3 is 0 Å². The minimum Gasteiger partial charge on any atom is -0.496 e. The van der Waals surface area contributed by atoms with Crippen molar-refractivity contribution < 1.29 is 13.9 Å². The second-order valence-corrected chi connectivity index (χ2v) is 7.78. The third-order valence-corrected chi connectivity index (χ3v) is 5.77. The van der Waals surface area contributed by atoms with Gasteiger partial charge < -0.3 is 9.30 Å². The van der Waals surface area contributed by atoms with Gasteiger partial charge in [0.05, 0.1) is 12.9 Å². The third kappa shape index (κ3) is 5.44. The van der Waals surface area contributed by atoms with E-state index in [2.05, 4.69) is 22.3 Å². The molecule has 0 unspecified atom stereocenters. The molecule has 0 amide bonds. The number of carbonyl (C=O) groups excluding carboxylic acids is 1. The lowest BCUT2D eigenvalue weighted by molar-refractivity contribution is 0.102. The Bertz CT molecular complexity index is 986. The Morgan fingerprint density at radius 1 is 1.14 bits per heavy atom. The van der Waals surface area contributed by atoms with Crippen LogP contribution >= 0.6 is 11.8 Å². The number of benzene rings is 2. The summed E-state index contributed by atoms with van der Waals surface area (Å²) in [7, 11) is 3.59. The van der Waals surface area contributed by atoms with E-state index in [0.717, 1.165) is 36.4 Å². The summed E-state index contributed by atoms with van der Waals surface area (Å²) >= 11 is 1.34. The van der Waals surface area contributed by atoms with Crippen LogP contribution in [0.5, 0.6) is 5.75 Å². The van der Waals surface area contributed by atoms with Gasteiger partial charge in [0.25, 0.3) is 0 Å². The predicted molar refractivity (Wildman–Crippen MR) is 112 cm³/mol. The first kappa shape index (κ1) is 21.0. The molecule has 1 heterocycles. The molecule has 29 heavy (non-hydrogen) atoms. The van der Waals surface area contributed by atoms with Gasteiger partial charge in [-0.3, -0.25) is 4.79 Å². The van der Waals surface area contributed by atoms with Gasteiger partial charge in [0.1, 0.15) is 17.4 Å². The van der Waals surface area contributed by atoms with Crippen molar-refractivity contribution in [1.82, 2.24) is 14.8 Å². The van der Waals surface area contributed by atoms with E-state index >= 15 is 0 Å². The molecule has 3 rings (SSSR count). The third-order valence-electron chi connectivity index (χ3n) is 4.75. The Labute approximate surface area is 174 Å². The zero-order valence-electron chi connectivity index (χ0n) is 16.8. The smallest absolute Gasteiger partial charge is 0.191 e. The minimum atomic E-state index is -0.350. The highest BCUT2D eigenvalue weighted by atomic mass is 32.2. The molecule has 0 fully saturated rings. The molecule has 0 saturated carbocycles. The summed E-state index contributed by atoms with van der Waals surface area (Å²) in [6, 6.07) is 11.8. The highest BCUT2D eigenvalue weighted by Crippen LogP contribution is 2.21. The number of methoxy groups -OCH3 is 1. The molecular weight excluding hydrogens is 389 g/mol. The minimum absolute atomic E-state index is 0.0607. The van der Waals surface area contributed by atoms with Gasteiger partial charge in [-0.15, -0.1) is 10.2 Å². The SMILES string of the molecule is COc1ccc(CCCc2nnc(SCC(=O)c3ccc(F)cc3)n2C)cc1C.